The summed E-state index contributed by atoms with van der Waals surface area (Å²) in [5, 5.41) is 5.27. The number of anilines is 1. The zero-order valence-corrected chi connectivity index (χ0v) is 16.7. The zero-order chi connectivity index (χ0) is 20.2. The molecular formula is C18H20ClN3O4S. The fourth-order valence-electron chi connectivity index (χ4n) is 2.29. The van der Waals surface area contributed by atoms with E-state index in [1.165, 1.54) is 39.3 Å². The quantitative estimate of drug-likeness (QED) is 0.763. The Labute approximate surface area is 163 Å². The van der Waals surface area contributed by atoms with E-state index in [4.69, 9.17) is 11.6 Å². The van der Waals surface area contributed by atoms with Gasteiger partial charge in [-0.25, -0.2) is 12.7 Å². The van der Waals surface area contributed by atoms with Crippen LogP contribution in [0.2, 0.25) is 5.02 Å². The number of halogens is 1. The van der Waals surface area contributed by atoms with Crippen molar-refractivity contribution in [2.24, 2.45) is 0 Å². The number of benzene rings is 2. The summed E-state index contributed by atoms with van der Waals surface area (Å²) >= 11 is 6.01. The minimum atomic E-state index is -3.80. The number of sulfonamides is 1. The van der Waals surface area contributed by atoms with Gasteiger partial charge in [0.15, 0.2) is 0 Å². The number of hydrogen-bond donors (Lipinski definition) is 2. The number of nitrogens with one attached hydrogen (secondary N) is 2. The molecule has 0 aromatic heterocycles. The highest BCUT2D eigenvalue weighted by Gasteiger charge is 2.22. The zero-order valence-electron chi connectivity index (χ0n) is 15.1. The first kappa shape index (κ1) is 20.9. The normalized spacial score (nSPS) is 11.3. The molecule has 144 valence electrons. The minimum absolute atomic E-state index is 0.0280. The number of amides is 2. The summed E-state index contributed by atoms with van der Waals surface area (Å²) in [7, 11) is 0.501. The van der Waals surface area contributed by atoms with Crippen LogP contribution in [0, 0.1) is 0 Å². The third kappa shape index (κ3) is 4.85. The molecule has 2 N–H and O–H groups in total. The van der Waals surface area contributed by atoms with Crippen molar-refractivity contribution in [1.29, 1.82) is 0 Å². The second kappa shape index (κ2) is 8.51. The van der Waals surface area contributed by atoms with Crippen molar-refractivity contribution in [1.82, 2.24) is 9.62 Å². The van der Waals surface area contributed by atoms with Gasteiger partial charge < -0.3 is 10.6 Å². The number of rotatable bonds is 6. The molecule has 2 amide bonds. The Morgan fingerprint density at radius 1 is 1.11 bits per heavy atom. The Bertz CT molecular complexity index is 974. The van der Waals surface area contributed by atoms with Crippen LogP contribution in [-0.4, -0.2) is 45.7 Å². The molecule has 2 aromatic rings. The number of likely N-dealkylation sites (N-methyl/N-ethyl adjacent to an activating group) is 1. The van der Waals surface area contributed by atoms with Crippen LogP contribution in [-0.2, 0) is 21.2 Å². The third-order valence-corrected chi connectivity index (χ3v) is 6.14. The van der Waals surface area contributed by atoms with E-state index >= 15 is 0 Å². The van der Waals surface area contributed by atoms with Gasteiger partial charge in [-0.1, -0.05) is 29.8 Å². The Kier molecular flexibility index (Phi) is 6.59. The van der Waals surface area contributed by atoms with E-state index in [9.17, 15) is 18.0 Å². The van der Waals surface area contributed by atoms with Crippen molar-refractivity contribution in [3.63, 3.8) is 0 Å². The predicted molar refractivity (Wildman–Crippen MR) is 104 cm³/mol. The maximum absolute atomic E-state index is 12.6. The summed E-state index contributed by atoms with van der Waals surface area (Å²) < 4.78 is 25.7. The molecule has 0 heterocycles. The molecule has 0 unspecified atom stereocenters. The van der Waals surface area contributed by atoms with Crippen LogP contribution in [0.15, 0.2) is 47.4 Å². The summed E-state index contributed by atoms with van der Waals surface area (Å²) in [5.74, 6) is -0.700. The van der Waals surface area contributed by atoms with Gasteiger partial charge in [0, 0.05) is 32.4 Å². The lowest BCUT2D eigenvalue weighted by atomic mass is 10.1. The molecule has 9 heteroatoms. The summed E-state index contributed by atoms with van der Waals surface area (Å²) in [5.41, 5.74) is 1.24. The molecule has 0 atom stereocenters. The third-order valence-electron chi connectivity index (χ3n) is 3.85. The fourth-order valence-corrected chi connectivity index (χ4v) is 3.69. The van der Waals surface area contributed by atoms with Crippen molar-refractivity contribution in [2.45, 2.75) is 11.3 Å². The average molecular weight is 410 g/mol. The molecule has 0 aliphatic rings. The Balaban J connectivity index is 2.34. The first-order valence-corrected chi connectivity index (χ1v) is 9.80. The lowest BCUT2D eigenvalue weighted by Crippen LogP contribution is -2.23. The molecule has 0 spiro atoms. The summed E-state index contributed by atoms with van der Waals surface area (Å²) in [6, 6.07) is 10.9. The van der Waals surface area contributed by atoms with Crippen molar-refractivity contribution < 1.29 is 18.0 Å². The van der Waals surface area contributed by atoms with Gasteiger partial charge in [0.2, 0.25) is 15.9 Å². The highest BCUT2D eigenvalue weighted by atomic mass is 35.5. The summed E-state index contributed by atoms with van der Waals surface area (Å²) in [6.07, 6.45) is 0.105. The topological polar surface area (TPSA) is 95.6 Å². The minimum Gasteiger partial charge on any atom is -0.359 e. The van der Waals surface area contributed by atoms with Crippen molar-refractivity contribution in [2.75, 3.05) is 26.5 Å². The Morgan fingerprint density at radius 3 is 2.41 bits per heavy atom. The molecule has 2 rings (SSSR count). The number of para-hydroxylation sites is 1. The number of nitrogens with zero attached hydrogens (tertiary/aromatic N) is 1. The van der Waals surface area contributed by atoms with Crippen LogP contribution >= 0.6 is 11.6 Å². The summed E-state index contributed by atoms with van der Waals surface area (Å²) in [6.45, 7) is 0. The fraction of sp³-hybridized carbons (Fsp3) is 0.222. The van der Waals surface area contributed by atoms with Crippen LogP contribution in [0.1, 0.15) is 15.9 Å². The lowest BCUT2D eigenvalue weighted by Gasteiger charge is -2.14. The van der Waals surface area contributed by atoms with Gasteiger partial charge in [-0.05, 0) is 29.8 Å². The number of carbonyl (C=O) groups excluding carboxylic acids is 2. The van der Waals surface area contributed by atoms with Gasteiger partial charge in [-0.15, -0.1) is 0 Å². The first-order chi connectivity index (χ1) is 12.7. The molecular weight excluding hydrogens is 390 g/mol. The van der Waals surface area contributed by atoms with Gasteiger partial charge >= 0.3 is 0 Å². The molecule has 7 nitrogen and oxygen atoms in total. The highest BCUT2D eigenvalue weighted by Crippen LogP contribution is 2.25. The van der Waals surface area contributed by atoms with E-state index in [0.29, 0.717) is 11.3 Å². The second-order valence-corrected chi connectivity index (χ2v) is 8.42. The molecule has 2 aromatic carbocycles. The predicted octanol–water partition coefficient (Wildman–Crippen LogP) is 2.13. The average Bonchev–Trinajstić information content (AvgIpc) is 2.63. The van der Waals surface area contributed by atoms with E-state index < -0.39 is 15.9 Å². The van der Waals surface area contributed by atoms with Crippen LogP contribution in [0.4, 0.5) is 5.69 Å². The van der Waals surface area contributed by atoms with Crippen molar-refractivity contribution in [3.05, 3.63) is 58.6 Å². The van der Waals surface area contributed by atoms with Gasteiger partial charge in [-0.2, -0.15) is 0 Å². The van der Waals surface area contributed by atoms with Gasteiger partial charge in [0.25, 0.3) is 5.91 Å². The maximum Gasteiger partial charge on any atom is 0.255 e. The molecule has 0 bridgehead atoms. The van der Waals surface area contributed by atoms with Crippen LogP contribution in [0.25, 0.3) is 0 Å². The lowest BCUT2D eigenvalue weighted by molar-refractivity contribution is -0.119. The summed E-state index contributed by atoms with van der Waals surface area (Å²) in [4.78, 5) is 24.1. The molecule has 27 heavy (non-hydrogen) atoms. The largest absolute Gasteiger partial charge is 0.359 e. The van der Waals surface area contributed by atoms with Crippen molar-refractivity contribution in [3.8, 4) is 0 Å². The maximum atomic E-state index is 12.6. The number of carbonyl (C=O) groups is 2. The standard InChI is InChI=1S/C18H20ClN3O4S/c1-20-17(23)11-12-6-4-5-7-15(12)21-18(24)13-8-9-14(19)16(10-13)27(25,26)22(2)3/h4-10H,11H2,1-3H3,(H,20,23)(H,21,24). The van der Waals surface area contributed by atoms with Crippen LogP contribution in [0.3, 0.4) is 0 Å². The molecule has 0 aliphatic carbocycles. The molecule has 0 fully saturated rings. The number of hydrogen-bond acceptors (Lipinski definition) is 4. The molecule has 0 radical (unpaired) electrons. The first-order valence-electron chi connectivity index (χ1n) is 7.98. The van der Waals surface area contributed by atoms with Gasteiger partial charge in [-0.3, -0.25) is 9.59 Å². The Hall–Kier alpha value is -2.42. The second-order valence-electron chi connectivity index (χ2n) is 5.89. The van der Waals surface area contributed by atoms with Gasteiger partial charge in [0.05, 0.1) is 11.4 Å². The van der Waals surface area contributed by atoms with Crippen molar-refractivity contribution >= 4 is 39.1 Å². The Morgan fingerprint density at radius 2 is 1.78 bits per heavy atom. The van der Waals surface area contributed by atoms with E-state index in [1.807, 2.05) is 0 Å². The van der Waals surface area contributed by atoms with E-state index in [2.05, 4.69) is 10.6 Å². The monoisotopic (exact) mass is 409 g/mol. The van der Waals surface area contributed by atoms with E-state index in [-0.39, 0.29) is 27.8 Å². The van der Waals surface area contributed by atoms with E-state index in [1.54, 1.807) is 24.3 Å². The SMILES string of the molecule is CNC(=O)Cc1ccccc1NC(=O)c1ccc(Cl)c(S(=O)(=O)N(C)C)c1. The molecule has 0 aliphatic heterocycles. The smallest absolute Gasteiger partial charge is 0.255 e. The van der Waals surface area contributed by atoms with Crippen LogP contribution < -0.4 is 10.6 Å². The molecule has 0 saturated carbocycles. The van der Waals surface area contributed by atoms with Crippen LogP contribution in [0.5, 0.6) is 0 Å². The molecule has 0 saturated heterocycles. The van der Waals surface area contributed by atoms with E-state index in [0.717, 1.165) is 4.31 Å². The van der Waals surface area contributed by atoms with Gasteiger partial charge in [0.1, 0.15) is 4.90 Å². The highest BCUT2D eigenvalue weighted by molar-refractivity contribution is 7.89.